The van der Waals surface area contributed by atoms with E-state index in [-0.39, 0.29) is 35.8 Å². The monoisotopic (exact) mass is 748 g/mol. The molecule has 3 heterocycles. The molecular weight excluding hydrogens is 719 g/mol. The lowest BCUT2D eigenvalue weighted by molar-refractivity contribution is 0.303. The summed E-state index contributed by atoms with van der Waals surface area (Å²) in [4.78, 5) is 17.8. The minimum atomic E-state index is -3.50. The van der Waals surface area contributed by atoms with Gasteiger partial charge in [-0.15, -0.1) is 11.3 Å². The first kappa shape index (κ1) is 33.4. The number of thiazole rings is 1. The molecule has 0 aliphatic heterocycles. The fourth-order valence-electron chi connectivity index (χ4n) is 4.92. The fourth-order valence-corrected chi connectivity index (χ4v) is 7.36. The molecule has 0 saturated heterocycles. The molecule has 1 atom stereocenters. The summed E-state index contributed by atoms with van der Waals surface area (Å²) in [5, 5.41) is 10.2. The number of fused-ring (bicyclic) bond motifs is 1. The number of rotatable bonds is 13. The molecule has 0 amide bonds. The van der Waals surface area contributed by atoms with Gasteiger partial charge in [-0.3, -0.25) is 0 Å². The van der Waals surface area contributed by atoms with Crippen LogP contribution in [0.25, 0.3) is 22.2 Å². The van der Waals surface area contributed by atoms with E-state index in [1.807, 2.05) is 42.6 Å². The molecule has 6 rings (SSSR count). The third kappa shape index (κ3) is 7.79. The Labute approximate surface area is 289 Å². The Kier molecular flexibility index (Phi) is 10.2. The van der Waals surface area contributed by atoms with Gasteiger partial charge in [0.15, 0.2) is 14.9 Å². The van der Waals surface area contributed by atoms with Gasteiger partial charge in [0, 0.05) is 40.8 Å². The second-order valence-corrected chi connectivity index (χ2v) is 14.5. The molecule has 246 valence electrons. The number of nitrogens with zero attached hydrogens (tertiary/aromatic N) is 4. The van der Waals surface area contributed by atoms with Crippen LogP contribution >= 0.6 is 27.3 Å². The van der Waals surface area contributed by atoms with Gasteiger partial charge in [-0.1, -0.05) is 18.2 Å². The molecule has 0 saturated carbocycles. The maximum atomic E-state index is 13.5. The lowest BCUT2D eigenvalue weighted by atomic mass is 10.1. The van der Waals surface area contributed by atoms with Crippen molar-refractivity contribution in [2.75, 3.05) is 24.7 Å². The van der Waals surface area contributed by atoms with Crippen LogP contribution in [0.15, 0.2) is 100 Å². The highest BCUT2D eigenvalue weighted by atomic mass is 79.9. The van der Waals surface area contributed by atoms with Crippen LogP contribution in [0, 0.1) is 5.82 Å². The molecule has 6 aromatic rings. The molecule has 0 spiro atoms. The number of methoxy groups -OCH3 is 1. The molecular formula is C34H30BrFN6O4S2. The van der Waals surface area contributed by atoms with Gasteiger partial charge in [0.1, 0.15) is 41.1 Å². The van der Waals surface area contributed by atoms with E-state index in [1.54, 1.807) is 31.4 Å². The molecule has 14 heteroatoms. The van der Waals surface area contributed by atoms with E-state index >= 15 is 0 Å². The van der Waals surface area contributed by atoms with Crippen molar-refractivity contribution >= 4 is 59.5 Å². The number of benzene rings is 3. The number of sulfone groups is 1. The van der Waals surface area contributed by atoms with Gasteiger partial charge >= 0.3 is 0 Å². The molecule has 3 aromatic heterocycles. The lowest BCUT2D eigenvalue weighted by Crippen LogP contribution is -2.26. The summed E-state index contributed by atoms with van der Waals surface area (Å²) in [5.41, 5.74) is 3.64. The zero-order chi connectivity index (χ0) is 33.7. The molecule has 3 aromatic carbocycles. The van der Waals surface area contributed by atoms with Crippen molar-refractivity contribution in [3.05, 3.63) is 112 Å². The van der Waals surface area contributed by atoms with E-state index in [9.17, 15) is 12.8 Å². The Morgan fingerprint density at radius 3 is 2.65 bits per heavy atom. The fraction of sp³-hybridized carbons (Fsp3) is 0.176. The van der Waals surface area contributed by atoms with Gasteiger partial charge in [-0.05, 0) is 76.9 Å². The molecule has 0 fully saturated rings. The SMILES string of the molecule is COc1cc2ncnc(Nc3ccc(OCc4cccc(F)c4)c(Br)c3)c2cc1-c1csc(C(C)NCCS(=O)(=O)c2ccccn2)n1. The van der Waals surface area contributed by atoms with Gasteiger partial charge in [0.05, 0.1) is 34.6 Å². The third-order valence-corrected chi connectivity index (χ3v) is 10.6. The highest BCUT2D eigenvalue weighted by Gasteiger charge is 2.19. The lowest BCUT2D eigenvalue weighted by Gasteiger charge is -2.14. The van der Waals surface area contributed by atoms with Crippen LogP contribution in [0.1, 0.15) is 23.5 Å². The zero-order valence-electron chi connectivity index (χ0n) is 25.9. The van der Waals surface area contributed by atoms with Crippen LogP contribution in [0.4, 0.5) is 15.9 Å². The smallest absolute Gasteiger partial charge is 0.196 e. The number of halogens is 2. The van der Waals surface area contributed by atoms with Crippen LogP contribution in [-0.4, -0.2) is 47.8 Å². The summed E-state index contributed by atoms with van der Waals surface area (Å²) >= 11 is 5.05. The van der Waals surface area contributed by atoms with E-state index in [1.165, 1.54) is 42.1 Å². The first-order valence-electron chi connectivity index (χ1n) is 14.8. The minimum absolute atomic E-state index is 0.0635. The average molecular weight is 750 g/mol. The van der Waals surface area contributed by atoms with E-state index in [0.29, 0.717) is 28.5 Å². The Hall–Kier alpha value is -4.50. The van der Waals surface area contributed by atoms with Crippen molar-refractivity contribution in [3.63, 3.8) is 0 Å². The number of hydrogen-bond acceptors (Lipinski definition) is 11. The standard InChI is InChI=1S/C34H30BrFN6O4S2/c1-21(37-12-13-48(43,44)32-8-3-4-11-38-32)34-42-29(19-47-34)25-16-26-28(17-31(25)45-2)39-20-40-33(26)41-24-9-10-30(27(35)15-24)46-18-22-6-5-7-23(36)14-22/h3-11,14-17,19-21,37H,12-13,18H2,1-2H3,(H,39,40,41). The molecule has 1 unspecified atom stereocenters. The third-order valence-electron chi connectivity index (χ3n) is 7.38. The number of hydrogen-bond donors (Lipinski definition) is 2. The van der Waals surface area contributed by atoms with Crippen LogP contribution < -0.4 is 20.1 Å². The van der Waals surface area contributed by atoms with E-state index < -0.39 is 9.84 Å². The largest absolute Gasteiger partial charge is 0.496 e. The van der Waals surface area contributed by atoms with Gasteiger partial charge in [-0.2, -0.15) is 0 Å². The van der Waals surface area contributed by atoms with Crippen molar-refractivity contribution in [2.45, 2.75) is 24.6 Å². The summed E-state index contributed by atoms with van der Waals surface area (Å²) in [5.74, 6) is 1.42. The minimum Gasteiger partial charge on any atom is -0.496 e. The predicted molar refractivity (Wildman–Crippen MR) is 188 cm³/mol. The van der Waals surface area contributed by atoms with Gasteiger partial charge in [0.2, 0.25) is 0 Å². The second-order valence-electron chi connectivity index (χ2n) is 10.7. The van der Waals surface area contributed by atoms with Crippen molar-refractivity contribution in [2.24, 2.45) is 0 Å². The Morgan fingerprint density at radius 2 is 1.88 bits per heavy atom. The zero-order valence-corrected chi connectivity index (χ0v) is 29.1. The number of ether oxygens (including phenoxy) is 2. The van der Waals surface area contributed by atoms with E-state index in [2.05, 4.69) is 41.5 Å². The molecule has 0 aliphatic rings. The van der Waals surface area contributed by atoms with Crippen molar-refractivity contribution in [3.8, 4) is 22.8 Å². The van der Waals surface area contributed by atoms with Crippen LogP contribution in [-0.2, 0) is 16.4 Å². The Bertz CT molecular complexity index is 2170. The van der Waals surface area contributed by atoms with Crippen molar-refractivity contribution < 1.29 is 22.3 Å². The maximum absolute atomic E-state index is 13.5. The summed E-state index contributed by atoms with van der Waals surface area (Å²) in [6.07, 6.45) is 2.95. The molecule has 48 heavy (non-hydrogen) atoms. The topological polar surface area (TPSA) is 128 Å². The second kappa shape index (κ2) is 14.7. The highest BCUT2D eigenvalue weighted by Crippen LogP contribution is 2.38. The Morgan fingerprint density at radius 1 is 1.00 bits per heavy atom. The van der Waals surface area contributed by atoms with E-state index in [4.69, 9.17) is 14.5 Å². The summed E-state index contributed by atoms with van der Waals surface area (Å²) < 4.78 is 51.1. The van der Waals surface area contributed by atoms with Crippen molar-refractivity contribution in [1.82, 2.24) is 25.3 Å². The summed E-state index contributed by atoms with van der Waals surface area (Å²) in [7, 11) is -1.90. The normalized spacial score (nSPS) is 12.2. The first-order chi connectivity index (χ1) is 23.2. The van der Waals surface area contributed by atoms with Gasteiger partial charge < -0.3 is 20.1 Å². The highest BCUT2D eigenvalue weighted by molar-refractivity contribution is 9.10. The van der Waals surface area contributed by atoms with Crippen molar-refractivity contribution in [1.29, 1.82) is 0 Å². The number of aromatic nitrogens is 4. The van der Waals surface area contributed by atoms with Crippen LogP contribution in [0.2, 0.25) is 0 Å². The maximum Gasteiger partial charge on any atom is 0.196 e. The molecule has 0 bridgehead atoms. The van der Waals surface area contributed by atoms with Crippen LogP contribution in [0.3, 0.4) is 0 Å². The number of nitrogens with one attached hydrogen (secondary N) is 2. The van der Waals surface area contributed by atoms with Gasteiger partial charge in [0.25, 0.3) is 0 Å². The Balaban J connectivity index is 1.18. The van der Waals surface area contributed by atoms with E-state index in [0.717, 1.165) is 31.7 Å². The predicted octanol–water partition coefficient (Wildman–Crippen LogP) is 7.51. The summed E-state index contributed by atoms with van der Waals surface area (Å²) in [6.45, 7) is 2.42. The average Bonchev–Trinajstić information content (AvgIpc) is 3.58. The molecule has 2 N–H and O–H groups in total. The molecule has 10 nitrogen and oxygen atoms in total. The van der Waals surface area contributed by atoms with Gasteiger partial charge in [-0.25, -0.2) is 32.7 Å². The molecule has 0 aliphatic carbocycles. The molecule has 0 radical (unpaired) electrons. The number of pyridine rings is 1. The summed E-state index contributed by atoms with van der Waals surface area (Å²) in [6, 6.07) is 20.3. The first-order valence-corrected chi connectivity index (χ1v) is 18.1. The quantitative estimate of drug-likeness (QED) is 0.123. The van der Waals surface area contributed by atoms with Crippen LogP contribution in [0.5, 0.6) is 11.5 Å². The number of anilines is 2.